The molecule has 1 atom stereocenters. The molecule has 0 radical (unpaired) electrons. The van der Waals surface area contributed by atoms with Crippen LogP contribution in [-0.2, 0) is 9.59 Å². The predicted molar refractivity (Wildman–Crippen MR) is 115 cm³/mol. The Kier molecular flexibility index (Phi) is 6.64. The second-order valence-electron chi connectivity index (χ2n) is 7.59. The van der Waals surface area contributed by atoms with Gasteiger partial charge in [-0.1, -0.05) is 43.2 Å². The maximum atomic E-state index is 14.6. The van der Waals surface area contributed by atoms with Crippen molar-refractivity contribution in [2.75, 3.05) is 10.6 Å². The maximum absolute atomic E-state index is 14.6. The molecule has 0 spiro atoms. The molecule has 162 valence electrons. The summed E-state index contributed by atoms with van der Waals surface area (Å²) >= 11 is 0. The molecule has 0 aromatic heterocycles. The van der Waals surface area contributed by atoms with E-state index in [1.165, 1.54) is 6.07 Å². The number of rotatable bonds is 10. The van der Waals surface area contributed by atoms with Gasteiger partial charge in [-0.15, -0.1) is 0 Å². The van der Waals surface area contributed by atoms with Gasteiger partial charge in [0.2, 0.25) is 11.8 Å². The van der Waals surface area contributed by atoms with Crippen LogP contribution in [-0.4, -0.2) is 29.5 Å². The van der Waals surface area contributed by atoms with Crippen molar-refractivity contribution < 1.29 is 18.8 Å². The number of halogens is 1. The Bertz CT molecular complexity index is 1020. The maximum Gasteiger partial charge on any atom is 0.250 e. The summed E-state index contributed by atoms with van der Waals surface area (Å²) in [7, 11) is 0. The van der Waals surface area contributed by atoms with Crippen molar-refractivity contribution in [3.63, 3.8) is 0 Å². The van der Waals surface area contributed by atoms with Gasteiger partial charge < -0.3 is 27.5 Å². The summed E-state index contributed by atoms with van der Waals surface area (Å²) < 4.78 is 14.6. The lowest BCUT2D eigenvalue weighted by Crippen LogP contribution is -2.36. The Hall–Kier alpha value is -3.75. The zero-order valence-corrected chi connectivity index (χ0v) is 16.8. The number of hydrogen-bond acceptors (Lipinski definition) is 5. The minimum atomic E-state index is -0.927. The molecular weight excluding hydrogens is 401 g/mol. The van der Waals surface area contributed by atoms with Gasteiger partial charge >= 0.3 is 0 Å². The molecule has 1 saturated carbocycles. The van der Waals surface area contributed by atoms with E-state index in [-0.39, 0.29) is 29.1 Å². The largest absolute Gasteiger partial charge is 0.371 e. The van der Waals surface area contributed by atoms with E-state index in [0.29, 0.717) is 17.9 Å². The Morgan fingerprint density at radius 3 is 2.35 bits per heavy atom. The Labute approximate surface area is 178 Å². The standard InChI is InChI=1S/C22H24FN5O3/c23-15-9-14(21(25)30)17(11-18(15)27-19(22(26)31)8-12-6-7-12)28-20(29)10-16(24)13-4-2-1-3-5-13/h1-5,9,11-12,19,24,27H,6-8,10H2,(H2,25,30)(H2,26,31)(H,28,29). The van der Waals surface area contributed by atoms with E-state index in [2.05, 4.69) is 10.6 Å². The van der Waals surface area contributed by atoms with Gasteiger partial charge in [-0.2, -0.15) is 0 Å². The summed E-state index contributed by atoms with van der Waals surface area (Å²) in [6.07, 6.45) is 2.20. The van der Waals surface area contributed by atoms with Crippen LogP contribution in [0.1, 0.15) is 41.6 Å². The molecule has 8 nitrogen and oxygen atoms in total. The van der Waals surface area contributed by atoms with Crippen LogP contribution in [0.25, 0.3) is 0 Å². The fourth-order valence-corrected chi connectivity index (χ4v) is 3.21. The summed E-state index contributed by atoms with van der Waals surface area (Å²) in [5.74, 6) is -2.55. The lowest BCUT2D eigenvalue weighted by atomic mass is 10.1. The van der Waals surface area contributed by atoms with Gasteiger partial charge in [-0.25, -0.2) is 4.39 Å². The first kappa shape index (κ1) is 21.9. The second-order valence-corrected chi connectivity index (χ2v) is 7.59. The highest BCUT2D eigenvalue weighted by atomic mass is 19.1. The Balaban J connectivity index is 1.79. The second kappa shape index (κ2) is 9.38. The van der Waals surface area contributed by atoms with Crippen LogP contribution in [0.2, 0.25) is 0 Å². The van der Waals surface area contributed by atoms with Gasteiger partial charge in [0.15, 0.2) is 0 Å². The SMILES string of the molecule is N=C(CC(=O)Nc1cc(NC(CC2CC2)C(N)=O)c(F)cc1C(N)=O)c1ccccc1. The van der Waals surface area contributed by atoms with E-state index in [4.69, 9.17) is 16.9 Å². The minimum absolute atomic E-state index is 0.0168. The molecule has 3 amide bonds. The van der Waals surface area contributed by atoms with Crippen molar-refractivity contribution in [1.29, 1.82) is 5.41 Å². The molecule has 9 heteroatoms. The van der Waals surface area contributed by atoms with Gasteiger partial charge in [-0.3, -0.25) is 14.4 Å². The van der Waals surface area contributed by atoms with E-state index >= 15 is 0 Å². The smallest absolute Gasteiger partial charge is 0.250 e. The third-order valence-corrected chi connectivity index (χ3v) is 5.05. The van der Waals surface area contributed by atoms with Gasteiger partial charge in [0.1, 0.15) is 11.9 Å². The number of benzene rings is 2. The third-order valence-electron chi connectivity index (χ3n) is 5.05. The molecule has 0 heterocycles. The van der Waals surface area contributed by atoms with Gasteiger partial charge in [0.25, 0.3) is 5.91 Å². The highest BCUT2D eigenvalue weighted by Crippen LogP contribution is 2.35. The van der Waals surface area contributed by atoms with Gasteiger partial charge in [-0.05, 0) is 30.0 Å². The van der Waals surface area contributed by atoms with Crippen LogP contribution < -0.4 is 22.1 Å². The first-order valence-electron chi connectivity index (χ1n) is 9.86. The summed E-state index contributed by atoms with van der Waals surface area (Å²) in [5, 5.41) is 13.4. The zero-order chi connectivity index (χ0) is 22.5. The molecule has 2 aromatic carbocycles. The normalized spacial score (nSPS) is 13.8. The van der Waals surface area contributed by atoms with E-state index < -0.39 is 29.6 Å². The number of carbonyl (C=O) groups is 3. The number of amides is 3. The molecule has 3 rings (SSSR count). The number of primary amides is 2. The molecule has 7 N–H and O–H groups in total. The van der Waals surface area contributed by atoms with Crippen LogP contribution in [0.4, 0.5) is 15.8 Å². The third kappa shape index (κ3) is 5.88. The molecule has 2 aromatic rings. The lowest BCUT2D eigenvalue weighted by Gasteiger charge is -2.19. The average molecular weight is 425 g/mol. The molecule has 31 heavy (non-hydrogen) atoms. The molecule has 1 unspecified atom stereocenters. The Morgan fingerprint density at radius 1 is 1.10 bits per heavy atom. The summed E-state index contributed by atoms with van der Waals surface area (Å²) in [6, 6.07) is 10.0. The minimum Gasteiger partial charge on any atom is -0.371 e. The highest BCUT2D eigenvalue weighted by molar-refractivity contribution is 6.13. The van der Waals surface area contributed by atoms with E-state index in [0.717, 1.165) is 18.9 Å². The first-order chi connectivity index (χ1) is 14.7. The quantitative estimate of drug-likeness (QED) is 0.371. The number of hydrogen-bond donors (Lipinski definition) is 5. The first-order valence-corrected chi connectivity index (χ1v) is 9.86. The number of anilines is 2. The van der Waals surface area contributed by atoms with Gasteiger partial charge in [0.05, 0.1) is 23.4 Å². The summed E-state index contributed by atoms with van der Waals surface area (Å²) in [4.78, 5) is 36.0. The molecule has 1 fully saturated rings. The van der Waals surface area contributed by atoms with Crippen molar-refractivity contribution in [2.45, 2.75) is 31.7 Å². The average Bonchev–Trinajstić information content (AvgIpc) is 3.54. The van der Waals surface area contributed by atoms with Crippen molar-refractivity contribution >= 4 is 34.8 Å². The van der Waals surface area contributed by atoms with Gasteiger partial charge in [0, 0.05) is 5.71 Å². The van der Waals surface area contributed by atoms with Crippen LogP contribution in [0, 0.1) is 17.1 Å². The molecule has 1 aliphatic carbocycles. The van der Waals surface area contributed by atoms with E-state index in [1.54, 1.807) is 30.3 Å². The molecule has 0 bridgehead atoms. The van der Waals surface area contributed by atoms with Crippen LogP contribution in [0.3, 0.4) is 0 Å². The zero-order valence-electron chi connectivity index (χ0n) is 16.8. The Morgan fingerprint density at radius 2 is 1.77 bits per heavy atom. The summed E-state index contributed by atoms with van der Waals surface area (Å²) in [5.41, 5.74) is 11.1. The molecule has 1 aliphatic rings. The topological polar surface area (TPSA) is 151 Å². The van der Waals surface area contributed by atoms with Crippen LogP contribution in [0.15, 0.2) is 42.5 Å². The number of nitrogens with one attached hydrogen (secondary N) is 3. The summed E-state index contributed by atoms with van der Waals surface area (Å²) in [6.45, 7) is 0. The molecular formula is C22H24FN5O3. The lowest BCUT2D eigenvalue weighted by molar-refractivity contribution is -0.119. The van der Waals surface area contributed by atoms with Crippen LogP contribution in [0.5, 0.6) is 0 Å². The molecule has 0 aliphatic heterocycles. The monoisotopic (exact) mass is 425 g/mol. The van der Waals surface area contributed by atoms with Crippen molar-refractivity contribution in [3.8, 4) is 0 Å². The predicted octanol–water partition coefficient (Wildman–Crippen LogP) is 2.39. The van der Waals surface area contributed by atoms with E-state index in [1.807, 2.05) is 0 Å². The fraction of sp³-hybridized carbons (Fsp3) is 0.273. The van der Waals surface area contributed by atoms with E-state index in [9.17, 15) is 18.8 Å². The molecule has 0 saturated heterocycles. The highest BCUT2D eigenvalue weighted by Gasteiger charge is 2.29. The fourth-order valence-electron chi connectivity index (χ4n) is 3.21. The number of nitrogens with two attached hydrogens (primary N) is 2. The van der Waals surface area contributed by atoms with Crippen LogP contribution >= 0.6 is 0 Å². The van der Waals surface area contributed by atoms with Crippen molar-refractivity contribution in [2.24, 2.45) is 17.4 Å². The number of carbonyl (C=O) groups excluding carboxylic acids is 3. The van der Waals surface area contributed by atoms with Crippen molar-refractivity contribution in [1.82, 2.24) is 0 Å². The van der Waals surface area contributed by atoms with Crippen molar-refractivity contribution in [3.05, 3.63) is 59.4 Å².